The molecule has 0 saturated heterocycles. The highest BCUT2D eigenvalue weighted by Gasteiger charge is 2.21. The molecule has 0 spiro atoms. The maximum absolute atomic E-state index is 13.2. The standard InChI is InChI=1S/C42H54N6O11/c49-37(43-25-11-1-3-13-27-45-41(53)57-31-33-15-7-5-8-16-33)29-47(39(51)23-24-40(52)59-36-21-19-35(20-22-36)48(55)56)30-38(50)44-26-12-2-4-14-28-46-42(54)58-32-34-17-9-6-10-18-34/h5-10,15-22H,1-4,11-14,23-32H2,(H,43,49)(H,44,50)(H,45,53)(H,46,54). The topological polar surface area (TPSA) is 225 Å². The SMILES string of the molecule is O=C(CN(CC(=O)NCCCCCCNC(=O)OCc1ccccc1)C(=O)CCC(=O)Oc1ccc([N+](=O)[O-])cc1)NCCCCCCNC(=O)OCc1ccccc1. The number of nitrogens with zero attached hydrogens (tertiary/aromatic N) is 2. The molecule has 17 nitrogen and oxygen atoms in total. The van der Waals surface area contributed by atoms with Gasteiger partial charge in [-0.2, -0.15) is 0 Å². The van der Waals surface area contributed by atoms with Crippen LogP contribution in [-0.4, -0.2) is 85.0 Å². The quantitative estimate of drug-likeness (QED) is 0.0253. The molecule has 17 heteroatoms. The molecule has 0 bridgehead atoms. The molecule has 0 aromatic heterocycles. The van der Waals surface area contributed by atoms with Gasteiger partial charge in [-0.05, 0) is 48.9 Å². The van der Waals surface area contributed by atoms with E-state index >= 15 is 0 Å². The zero-order valence-corrected chi connectivity index (χ0v) is 33.2. The Morgan fingerprint density at radius 3 is 1.39 bits per heavy atom. The van der Waals surface area contributed by atoms with Crippen LogP contribution in [0.5, 0.6) is 5.75 Å². The van der Waals surface area contributed by atoms with Crippen molar-refractivity contribution < 1.29 is 47.9 Å². The number of unbranched alkanes of at least 4 members (excludes halogenated alkanes) is 6. The lowest BCUT2D eigenvalue weighted by molar-refractivity contribution is -0.384. The number of hydrogen-bond acceptors (Lipinski definition) is 11. The van der Waals surface area contributed by atoms with E-state index in [2.05, 4.69) is 21.3 Å². The molecular weight excluding hydrogens is 764 g/mol. The zero-order valence-electron chi connectivity index (χ0n) is 33.2. The normalized spacial score (nSPS) is 10.4. The minimum Gasteiger partial charge on any atom is -0.445 e. The number of carbonyl (C=O) groups is 6. The number of rotatable bonds is 27. The van der Waals surface area contributed by atoms with Gasteiger partial charge in [0.25, 0.3) is 5.69 Å². The zero-order chi connectivity index (χ0) is 42.5. The summed E-state index contributed by atoms with van der Waals surface area (Å²) >= 11 is 0. The van der Waals surface area contributed by atoms with Crippen LogP contribution >= 0.6 is 0 Å². The van der Waals surface area contributed by atoms with Crippen molar-refractivity contribution in [2.24, 2.45) is 0 Å². The van der Waals surface area contributed by atoms with Crippen LogP contribution in [0.3, 0.4) is 0 Å². The summed E-state index contributed by atoms with van der Waals surface area (Å²) in [6, 6.07) is 23.6. The Hall–Kier alpha value is -6.52. The van der Waals surface area contributed by atoms with Crippen LogP contribution in [0.4, 0.5) is 15.3 Å². The molecule has 3 aromatic rings. The molecule has 0 heterocycles. The number of nitro groups is 1. The first kappa shape index (κ1) is 46.9. The maximum atomic E-state index is 13.2. The van der Waals surface area contributed by atoms with Crippen molar-refractivity contribution in [2.45, 2.75) is 77.4 Å². The summed E-state index contributed by atoms with van der Waals surface area (Å²) in [5.41, 5.74) is 1.61. The summed E-state index contributed by atoms with van der Waals surface area (Å²) in [6.45, 7) is 1.15. The monoisotopic (exact) mass is 818 g/mol. The molecule has 318 valence electrons. The molecular formula is C42H54N6O11. The molecule has 0 aliphatic heterocycles. The van der Waals surface area contributed by atoms with Crippen molar-refractivity contribution in [3.63, 3.8) is 0 Å². The smallest absolute Gasteiger partial charge is 0.407 e. The van der Waals surface area contributed by atoms with Gasteiger partial charge in [-0.1, -0.05) is 86.3 Å². The van der Waals surface area contributed by atoms with Gasteiger partial charge in [0.1, 0.15) is 32.1 Å². The molecule has 0 radical (unpaired) electrons. The Labute approximate surface area is 343 Å². The van der Waals surface area contributed by atoms with E-state index in [0.29, 0.717) is 39.0 Å². The van der Waals surface area contributed by atoms with Crippen LogP contribution in [0.25, 0.3) is 0 Å². The fourth-order valence-corrected chi connectivity index (χ4v) is 5.47. The molecule has 0 atom stereocenters. The molecule has 5 amide bonds. The van der Waals surface area contributed by atoms with Gasteiger partial charge in [0.2, 0.25) is 17.7 Å². The van der Waals surface area contributed by atoms with Crippen LogP contribution in [0, 0.1) is 10.1 Å². The Balaban J connectivity index is 1.34. The van der Waals surface area contributed by atoms with Gasteiger partial charge in [0, 0.05) is 44.7 Å². The largest absolute Gasteiger partial charge is 0.445 e. The van der Waals surface area contributed by atoms with E-state index < -0.39 is 53.9 Å². The number of nitro benzene ring substituents is 1. The number of alkyl carbamates (subject to hydrolysis) is 2. The van der Waals surface area contributed by atoms with Crippen LogP contribution in [0.1, 0.15) is 75.3 Å². The van der Waals surface area contributed by atoms with E-state index in [4.69, 9.17) is 14.2 Å². The van der Waals surface area contributed by atoms with Crippen LogP contribution in [0.15, 0.2) is 84.9 Å². The maximum Gasteiger partial charge on any atom is 0.407 e. The van der Waals surface area contributed by atoms with Crippen molar-refractivity contribution in [3.05, 3.63) is 106 Å². The van der Waals surface area contributed by atoms with Gasteiger partial charge < -0.3 is 40.4 Å². The lowest BCUT2D eigenvalue weighted by atomic mass is 10.2. The second kappa shape index (κ2) is 28.0. The summed E-state index contributed by atoms with van der Waals surface area (Å²) in [6.07, 6.45) is 4.25. The fourth-order valence-electron chi connectivity index (χ4n) is 5.47. The second-order valence-corrected chi connectivity index (χ2v) is 13.5. The van der Waals surface area contributed by atoms with E-state index in [1.54, 1.807) is 0 Å². The van der Waals surface area contributed by atoms with Crippen molar-refractivity contribution in [1.29, 1.82) is 0 Å². The first-order chi connectivity index (χ1) is 28.6. The average Bonchev–Trinajstić information content (AvgIpc) is 3.23. The summed E-state index contributed by atoms with van der Waals surface area (Å²) in [7, 11) is 0. The van der Waals surface area contributed by atoms with Crippen molar-refractivity contribution in [1.82, 2.24) is 26.2 Å². The van der Waals surface area contributed by atoms with E-state index in [-0.39, 0.29) is 37.5 Å². The highest BCUT2D eigenvalue weighted by atomic mass is 16.6. The Bertz CT molecular complexity index is 1680. The second-order valence-electron chi connectivity index (χ2n) is 13.5. The lowest BCUT2D eigenvalue weighted by Gasteiger charge is -2.22. The Morgan fingerprint density at radius 1 is 0.542 bits per heavy atom. The number of nitrogens with one attached hydrogen (secondary N) is 4. The molecule has 0 unspecified atom stereocenters. The third-order valence-corrected chi connectivity index (χ3v) is 8.66. The first-order valence-corrected chi connectivity index (χ1v) is 19.7. The lowest BCUT2D eigenvalue weighted by Crippen LogP contribution is -2.46. The molecule has 4 N–H and O–H groups in total. The predicted molar refractivity (Wildman–Crippen MR) is 217 cm³/mol. The third kappa shape index (κ3) is 21.5. The van der Waals surface area contributed by atoms with E-state index in [1.165, 1.54) is 24.3 Å². The highest BCUT2D eigenvalue weighted by molar-refractivity contribution is 5.90. The predicted octanol–water partition coefficient (Wildman–Crippen LogP) is 5.32. The number of esters is 1. The van der Waals surface area contributed by atoms with Crippen molar-refractivity contribution in [3.8, 4) is 5.75 Å². The summed E-state index contributed by atoms with van der Waals surface area (Å²) in [5, 5.41) is 21.8. The fraction of sp³-hybridized carbons (Fsp3) is 0.429. The van der Waals surface area contributed by atoms with E-state index in [0.717, 1.165) is 54.6 Å². The third-order valence-electron chi connectivity index (χ3n) is 8.66. The van der Waals surface area contributed by atoms with Crippen molar-refractivity contribution in [2.75, 3.05) is 39.3 Å². The minimum absolute atomic E-state index is 0.0684. The molecule has 3 rings (SSSR count). The summed E-state index contributed by atoms with van der Waals surface area (Å²) in [4.78, 5) is 86.4. The Morgan fingerprint density at radius 2 is 0.966 bits per heavy atom. The number of amides is 5. The molecule has 0 aliphatic rings. The highest BCUT2D eigenvalue weighted by Crippen LogP contribution is 2.18. The van der Waals surface area contributed by atoms with Gasteiger partial charge in [-0.25, -0.2) is 9.59 Å². The van der Waals surface area contributed by atoms with Crippen molar-refractivity contribution >= 4 is 41.6 Å². The first-order valence-electron chi connectivity index (χ1n) is 19.7. The molecule has 0 saturated carbocycles. The number of non-ortho nitro benzene ring substituents is 1. The summed E-state index contributed by atoms with van der Waals surface area (Å²) in [5.74, 6) is -2.25. The van der Waals surface area contributed by atoms with E-state index in [9.17, 15) is 38.9 Å². The van der Waals surface area contributed by atoms with Crippen LogP contribution in [0.2, 0.25) is 0 Å². The van der Waals surface area contributed by atoms with Gasteiger partial charge in [0.05, 0.1) is 11.3 Å². The van der Waals surface area contributed by atoms with Gasteiger partial charge in [0.15, 0.2) is 0 Å². The molecule has 0 aliphatic carbocycles. The van der Waals surface area contributed by atoms with E-state index in [1.807, 2.05) is 60.7 Å². The van der Waals surface area contributed by atoms with Gasteiger partial charge >= 0.3 is 18.2 Å². The number of benzene rings is 3. The van der Waals surface area contributed by atoms with Crippen LogP contribution in [-0.2, 0) is 41.9 Å². The van der Waals surface area contributed by atoms with Crippen LogP contribution < -0.4 is 26.0 Å². The average molecular weight is 819 g/mol. The number of hydrogen-bond donors (Lipinski definition) is 4. The number of carbonyl (C=O) groups excluding carboxylic acids is 6. The van der Waals surface area contributed by atoms with Gasteiger partial charge in [-0.3, -0.25) is 29.3 Å². The summed E-state index contributed by atoms with van der Waals surface area (Å²) < 4.78 is 15.6. The Kier molecular flexibility index (Phi) is 22.2. The molecule has 0 fully saturated rings. The minimum atomic E-state index is -0.764. The molecule has 3 aromatic carbocycles. The van der Waals surface area contributed by atoms with Gasteiger partial charge in [-0.15, -0.1) is 0 Å². The molecule has 59 heavy (non-hydrogen) atoms. The number of ether oxygens (including phenoxy) is 3.